The summed E-state index contributed by atoms with van der Waals surface area (Å²) in [5, 5.41) is 0. The van der Waals surface area contributed by atoms with Gasteiger partial charge in [0.25, 0.3) is 5.91 Å². The van der Waals surface area contributed by atoms with E-state index in [0.29, 0.717) is 56.7 Å². The predicted octanol–water partition coefficient (Wildman–Crippen LogP) is 3.23. The summed E-state index contributed by atoms with van der Waals surface area (Å²) >= 11 is 0. The molecule has 0 radical (unpaired) electrons. The molecule has 35 heavy (non-hydrogen) atoms. The highest BCUT2D eigenvalue weighted by atomic mass is 32.2. The molecule has 0 saturated carbocycles. The number of para-hydroxylation sites is 1. The van der Waals surface area contributed by atoms with E-state index < -0.39 is 16.1 Å². The first-order valence-electron chi connectivity index (χ1n) is 12.2. The van der Waals surface area contributed by atoms with Crippen LogP contribution in [-0.4, -0.2) is 76.0 Å². The van der Waals surface area contributed by atoms with Crippen LogP contribution in [0.2, 0.25) is 0 Å². The Labute approximate surface area is 208 Å². The van der Waals surface area contributed by atoms with Crippen LogP contribution in [0, 0.1) is 5.92 Å². The lowest BCUT2D eigenvalue weighted by Gasteiger charge is -2.37. The van der Waals surface area contributed by atoms with Crippen molar-refractivity contribution in [3.05, 3.63) is 48.5 Å². The predicted molar refractivity (Wildman–Crippen MR) is 135 cm³/mol. The van der Waals surface area contributed by atoms with Crippen molar-refractivity contribution in [2.24, 2.45) is 5.92 Å². The summed E-state index contributed by atoms with van der Waals surface area (Å²) in [4.78, 5) is 17.1. The monoisotopic (exact) mass is 501 g/mol. The third-order valence-corrected chi connectivity index (χ3v) is 8.60. The van der Waals surface area contributed by atoms with Gasteiger partial charge in [0.15, 0.2) is 6.10 Å². The number of nitrogens with zero attached hydrogens (tertiary/aromatic N) is 3. The van der Waals surface area contributed by atoms with E-state index >= 15 is 0 Å². The number of amides is 1. The van der Waals surface area contributed by atoms with Crippen LogP contribution >= 0.6 is 0 Å². The Bertz CT molecular complexity index is 1120. The molecule has 0 spiro atoms. The van der Waals surface area contributed by atoms with Gasteiger partial charge in [0.05, 0.1) is 17.7 Å². The first kappa shape index (κ1) is 25.3. The minimum absolute atomic E-state index is 0.0592. The van der Waals surface area contributed by atoms with Crippen LogP contribution in [-0.2, 0) is 14.8 Å². The van der Waals surface area contributed by atoms with E-state index in [2.05, 4.69) is 11.8 Å². The van der Waals surface area contributed by atoms with Crippen molar-refractivity contribution in [3.63, 3.8) is 0 Å². The molecule has 9 heteroatoms. The van der Waals surface area contributed by atoms with E-state index in [1.54, 1.807) is 41.4 Å². The van der Waals surface area contributed by atoms with Gasteiger partial charge in [-0.3, -0.25) is 4.79 Å². The van der Waals surface area contributed by atoms with Crippen molar-refractivity contribution in [1.29, 1.82) is 0 Å². The van der Waals surface area contributed by atoms with Gasteiger partial charge in [-0.2, -0.15) is 4.31 Å². The Morgan fingerprint density at radius 3 is 2.40 bits per heavy atom. The van der Waals surface area contributed by atoms with Gasteiger partial charge in [-0.25, -0.2) is 8.42 Å². The van der Waals surface area contributed by atoms with Gasteiger partial charge in [-0.05, 0) is 56.0 Å². The maximum Gasteiger partial charge on any atom is 0.263 e. The average molecular weight is 502 g/mol. The molecule has 2 atom stereocenters. The normalized spacial score (nSPS) is 20.4. The van der Waals surface area contributed by atoms with E-state index in [1.165, 1.54) is 0 Å². The number of ether oxygens (including phenoxy) is 2. The second-order valence-electron chi connectivity index (χ2n) is 9.33. The number of carbonyl (C=O) groups excluding carboxylic acids is 1. The zero-order valence-electron chi connectivity index (χ0n) is 20.7. The lowest BCUT2D eigenvalue weighted by Crippen LogP contribution is -2.52. The summed E-state index contributed by atoms with van der Waals surface area (Å²) in [6, 6.07) is 14.4. The first-order valence-corrected chi connectivity index (χ1v) is 13.7. The number of piperazine rings is 1. The fourth-order valence-electron chi connectivity index (χ4n) is 4.77. The number of carbonyl (C=O) groups is 1. The Hall–Kier alpha value is -2.78. The van der Waals surface area contributed by atoms with Gasteiger partial charge in [0, 0.05) is 39.3 Å². The summed E-state index contributed by atoms with van der Waals surface area (Å²) in [6.45, 7) is 7.14. The minimum atomic E-state index is -3.58. The van der Waals surface area contributed by atoms with E-state index in [4.69, 9.17) is 9.47 Å². The number of hydrogen-bond acceptors (Lipinski definition) is 6. The van der Waals surface area contributed by atoms with Gasteiger partial charge in [0.1, 0.15) is 11.5 Å². The minimum Gasteiger partial charge on any atom is -0.495 e. The summed E-state index contributed by atoms with van der Waals surface area (Å²) < 4.78 is 39.6. The van der Waals surface area contributed by atoms with Gasteiger partial charge < -0.3 is 19.3 Å². The molecule has 2 aromatic rings. The zero-order chi connectivity index (χ0) is 25.0. The van der Waals surface area contributed by atoms with E-state index in [-0.39, 0.29) is 10.8 Å². The van der Waals surface area contributed by atoms with Crippen molar-refractivity contribution in [3.8, 4) is 11.5 Å². The molecule has 2 saturated heterocycles. The molecule has 2 aromatic carbocycles. The highest BCUT2D eigenvalue weighted by Gasteiger charge is 2.31. The molecular weight excluding hydrogens is 466 g/mol. The van der Waals surface area contributed by atoms with Gasteiger partial charge >= 0.3 is 0 Å². The van der Waals surface area contributed by atoms with E-state index in [1.807, 2.05) is 30.3 Å². The third kappa shape index (κ3) is 5.73. The molecule has 0 unspecified atom stereocenters. The van der Waals surface area contributed by atoms with Crippen molar-refractivity contribution in [2.45, 2.75) is 37.7 Å². The smallest absolute Gasteiger partial charge is 0.263 e. The summed E-state index contributed by atoms with van der Waals surface area (Å²) in [5.41, 5.74) is 0.735. The fourth-order valence-corrected chi connectivity index (χ4v) is 6.39. The quantitative estimate of drug-likeness (QED) is 0.580. The average Bonchev–Trinajstić information content (AvgIpc) is 2.88. The lowest BCUT2D eigenvalue weighted by molar-refractivity contribution is -0.138. The van der Waals surface area contributed by atoms with Crippen molar-refractivity contribution >= 4 is 21.6 Å². The number of sulfonamides is 1. The molecule has 2 aliphatic heterocycles. The number of rotatable bonds is 7. The highest BCUT2D eigenvalue weighted by Crippen LogP contribution is 2.33. The second kappa shape index (κ2) is 10.9. The lowest BCUT2D eigenvalue weighted by atomic mass is 10.0. The molecule has 4 rings (SSSR count). The number of methoxy groups -OCH3 is 1. The van der Waals surface area contributed by atoms with Crippen LogP contribution in [0.3, 0.4) is 0 Å². The number of piperidine rings is 1. The maximum absolute atomic E-state index is 13.3. The molecule has 2 heterocycles. The van der Waals surface area contributed by atoms with Crippen LogP contribution in [0.1, 0.15) is 26.7 Å². The van der Waals surface area contributed by atoms with Crippen molar-refractivity contribution in [1.82, 2.24) is 9.21 Å². The van der Waals surface area contributed by atoms with Crippen molar-refractivity contribution in [2.75, 3.05) is 51.3 Å². The van der Waals surface area contributed by atoms with Crippen LogP contribution < -0.4 is 14.4 Å². The highest BCUT2D eigenvalue weighted by molar-refractivity contribution is 7.89. The number of benzene rings is 2. The van der Waals surface area contributed by atoms with Crippen LogP contribution in [0.25, 0.3) is 0 Å². The van der Waals surface area contributed by atoms with Crippen LogP contribution in [0.4, 0.5) is 5.69 Å². The van der Waals surface area contributed by atoms with E-state index in [0.717, 1.165) is 18.5 Å². The summed E-state index contributed by atoms with van der Waals surface area (Å²) in [7, 11) is -1.99. The van der Waals surface area contributed by atoms with E-state index in [9.17, 15) is 13.2 Å². The molecular formula is C26H35N3O5S. The summed E-state index contributed by atoms with van der Waals surface area (Å²) in [6.07, 6.45) is 1.35. The van der Waals surface area contributed by atoms with Crippen LogP contribution in [0.5, 0.6) is 11.5 Å². The van der Waals surface area contributed by atoms with Gasteiger partial charge in [-0.1, -0.05) is 25.1 Å². The Kier molecular flexibility index (Phi) is 7.86. The van der Waals surface area contributed by atoms with Crippen molar-refractivity contribution < 1.29 is 22.7 Å². The maximum atomic E-state index is 13.3. The Morgan fingerprint density at radius 2 is 1.74 bits per heavy atom. The number of anilines is 1. The standard InChI is InChI=1S/C26H35N3O5S/c1-20-8-7-13-29(19-20)35(31,32)23-11-12-25(33-3)24(18-23)27-14-16-28(17-15-27)26(30)21(2)34-22-9-5-4-6-10-22/h4-6,9-12,18,20-21H,7-8,13-17,19H2,1-3H3/t20-,21-/m0/s1. The molecule has 0 aromatic heterocycles. The molecule has 190 valence electrons. The summed E-state index contributed by atoms with van der Waals surface area (Å²) in [5.74, 6) is 1.58. The zero-order valence-corrected chi connectivity index (χ0v) is 21.5. The molecule has 8 nitrogen and oxygen atoms in total. The second-order valence-corrected chi connectivity index (χ2v) is 11.3. The SMILES string of the molecule is COc1ccc(S(=O)(=O)N2CCC[C@H](C)C2)cc1N1CCN(C(=O)[C@H](C)Oc2ccccc2)CC1. The molecule has 2 fully saturated rings. The fraction of sp³-hybridized carbons (Fsp3) is 0.500. The third-order valence-electron chi connectivity index (χ3n) is 6.74. The largest absolute Gasteiger partial charge is 0.495 e. The molecule has 2 aliphatic rings. The van der Waals surface area contributed by atoms with Gasteiger partial charge in [-0.15, -0.1) is 0 Å². The Morgan fingerprint density at radius 1 is 1.03 bits per heavy atom. The molecule has 1 amide bonds. The molecule has 0 bridgehead atoms. The first-order chi connectivity index (χ1) is 16.8. The van der Waals surface area contributed by atoms with Gasteiger partial charge in [0.2, 0.25) is 10.0 Å². The van der Waals surface area contributed by atoms with Crippen LogP contribution in [0.15, 0.2) is 53.4 Å². The molecule has 0 aliphatic carbocycles. The molecule has 0 N–H and O–H groups in total. The number of hydrogen-bond donors (Lipinski definition) is 0. The topological polar surface area (TPSA) is 79.4 Å². The Balaban J connectivity index is 1.44.